The summed E-state index contributed by atoms with van der Waals surface area (Å²) in [6.07, 6.45) is 3.45. The number of halogens is 2. The van der Waals surface area contributed by atoms with Crippen molar-refractivity contribution in [3.63, 3.8) is 0 Å². The van der Waals surface area contributed by atoms with Gasteiger partial charge in [0.15, 0.2) is 0 Å². The van der Waals surface area contributed by atoms with Gasteiger partial charge in [0, 0.05) is 25.7 Å². The van der Waals surface area contributed by atoms with E-state index < -0.39 is 0 Å². The number of nitrogens with one attached hydrogen (secondary N) is 2. The number of hydrogen-bond acceptors (Lipinski definition) is 4. The van der Waals surface area contributed by atoms with Crippen LogP contribution < -0.4 is 10.6 Å². The van der Waals surface area contributed by atoms with Gasteiger partial charge in [-0.05, 0) is 25.9 Å². The Labute approximate surface area is 134 Å². The molecule has 0 saturated carbocycles. The van der Waals surface area contributed by atoms with Crippen LogP contribution in [0.15, 0.2) is 0 Å². The molecule has 0 aromatic rings. The second-order valence-electron chi connectivity index (χ2n) is 5.09. The second-order valence-corrected chi connectivity index (χ2v) is 5.09. The Kier molecular flexibility index (Phi) is 10.6. The lowest BCUT2D eigenvalue weighted by molar-refractivity contribution is -0.134. The normalized spacial score (nSPS) is 27.1. The van der Waals surface area contributed by atoms with Crippen LogP contribution in [0.4, 0.5) is 0 Å². The molecular formula is C13H27Cl2N3O2. The molecule has 1 amide bonds. The fourth-order valence-corrected chi connectivity index (χ4v) is 2.77. The highest BCUT2D eigenvalue weighted by atomic mass is 35.5. The molecule has 2 aliphatic heterocycles. The molecule has 0 aromatic heterocycles. The van der Waals surface area contributed by atoms with Gasteiger partial charge in [0.1, 0.15) is 6.10 Å². The summed E-state index contributed by atoms with van der Waals surface area (Å²) in [4.78, 5) is 14.4. The van der Waals surface area contributed by atoms with Crippen LogP contribution in [0.2, 0.25) is 0 Å². The Balaban J connectivity index is 0.00000180. The zero-order chi connectivity index (χ0) is 12.8. The van der Waals surface area contributed by atoms with Crippen molar-refractivity contribution in [2.24, 2.45) is 0 Å². The summed E-state index contributed by atoms with van der Waals surface area (Å²) in [5, 5.41) is 6.22. The van der Waals surface area contributed by atoms with Crippen molar-refractivity contribution in [2.75, 3.05) is 39.3 Å². The number of amides is 1. The Hall–Kier alpha value is -0.0700. The van der Waals surface area contributed by atoms with E-state index in [9.17, 15) is 4.79 Å². The van der Waals surface area contributed by atoms with Crippen molar-refractivity contribution in [1.82, 2.24) is 15.5 Å². The third-order valence-electron chi connectivity index (χ3n) is 3.89. The minimum Gasteiger partial charge on any atom is -0.366 e. The molecule has 120 valence electrons. The first-order valence-corrected chi connectivity index (χ1v) is 7.15. The second kappa shape index (κ2) is 10.6. The van der Waals surface area contributed by atoms with Crippen LogP contribution in [0.25, 0.3) is 0 Å². The van der Waals surface area contributed by atoms with Gasteiger partial charge in [0.05, 0.1) is 6.61 Å². The highest BCUT2D eigenvalue weighted by molar-refractivity contribution is 5.85. The summed E-state index contributed by atoms with van der Waals surface area (Å²) in [5.74, 6) is 0.0313. The van der Waals surface area contributed by atoms with Gasteiger partial charge in [-0.1, -0.05) is 13.3 Å². The van der Waals surface area contributed by atoms with Crippen LogP contribution in [0.5, 0.6) is 0 Å². The molecule has 2 atom stereocenters. The molecule has 0 spiro atoms. The number of piperidine rings is 1. The number of carbonyl (C=O) groups excluding carboxylic acids is 1. The van der Waals surface area contributed by atoms with Gasteiger partial charge in [-0.15, -0.1) is 24.8 Å². The predicted octanol–water partition coefficient (Wildman–Crippen LogP) is 0.809. The van der Waals surface area contributed by atoms with Crippen LogP contribution in [-0.4, -0.2) is 62.3 Å². The van der Waals surface area contributed by atoms with Gasteiger partial charge in [-0.2, -0.15) is 0 Å². The predicted molar refractivity (Wildman–Crippen MR) is 85.0 cm³/mol. The number of rotatable bonds is 4. The standard InChI is InChI=1S/C13H25N3O2.2ClH/c1-2-16-7-4-3-5-11(16)9-15-13(17)12-10-14-6-8-18-12;;/h11-12,14H,2-10H2,1H3,(H,15,17);2*1H. The maximum absolute atomic E-state index is 11.9. The molecule has 20 heavy (non-hydrogen) atoms. The lowest BCUT2D eigenvalue weighted by Crippen LogP contribution is -2.52. The van der Waals surface area contributed by atoms with Gasteiger partial charge in [-0.25, -0.2) is 0 Å². The molecule has 0 radical (unpaired) electrons. The van der Waals surface area contributed by atoms with E-state index in [2.05, 4.69) is 22.5 Å². The number of ether oxygens (including phenoxy) is 1. The van der Waals surface area contributed by atoms with Crippen LogP contribution in [-0.2, 0) is 9.53 Å². The lowest BCUT2D eigenvalue weighted by Gasteiger charge is -2.35. The first-order valence-electron chi connectivity index (χ1n) is 7.15. The fraction of sp³-hybridized carbons (Fsp3) is 0.923. The number of likely N-dealkylation sites (tertiary alicyclic amines) is 1. The molecular weight excluding hydrogens is 301 g/mol. The van der Waals surface area contributed by atoms with Crippen molar-refractivity contribution < 1.29 is 9.53 Å². The molecule has 2 N–H and O–H groups in total. The van der Waals surface area contributed by atoms with Gasteiger partial charge < -0.3 is 15.4 Å². The Bertz CT molecular complexity index is 276. The monoisotopic (exact) mass is 327 g/mol. The minimum absolute atomic E-state index is 0. The fourth-order valence-electron chi connectivity index (χ4n) is 2.77. The van der Waals surface area contributed by atoms with E-state index in [-0.39, 0.29) is 36.8 Å². The summed E-state index contributed by atoms with van der Waals surface area (Å²) >= 11 is 0. The molecule has 7 heteroatoms. The summed E-state index contributed by atoms with van der Waals surface area (Å²) in [6.45, 7) is 7.29. The number of nitrogens with zero attached hydrogens (tertiary/aromatic N) is 1. The maximum atomic E-state index is 11.9. The molecule has 0 bridgehead atoms. The SMILES string of the molecule is CCN1CCCCC1CNC(=O)C1CNCCO1.Cl.Cl. The number of morpholine rings is 1. The van der Waals surface area contributed by atoms with Crippen molar-refractivity contribution in [2.45, 2.75) is 38.3 Å². The van der Waals surface area contributed by atoms with E-state index in [0.717, 1.165) is 19.6 Å². The van der Waals surface area contributed by atoms with E-state index in [1.807, 2.05) is 0 Å². The van der Waals surface area contributed by atoms with E-state index in [4.69, 9.17) is 4.74 Å². The summed E-state index contributed by atoms with van der Waals surface area (Å²) in [6, 6.07) is 0.504. The highest BCUT2D eigenvalue weighted by Gasteiger charge is 2.25. The highest BCUT2D eigenvalue weighted by Crippen LogP contribution is 2.15. The van der Waals surface area contributed by atoms with Crippen LogP contribution in [0.3, 0.4) is 0 Å². The molecule has 0 aromatic carbocycles. The van der Waals surface area contributed by atoms with Gasteiger partial charge >= 0.3 is 0 Å². The number of carbonyl (C=O) groups is 1. The number of hydrogen-bond donors (Lipinski definition) is 2. The van der Waals surface area contributed by atoms with Gasteiger partial charge in [-0.3, -0.25) is 9.69 Å². The van der Waals surface area contributed by atoms with Crippen molar-refractivity contribution >= 4 is 30.7 Å². The summed E-state index contributed by atoms with van der Waals surface area (Å²) < 4.78 is 5.44. The third-order valence-corrected chi connectivity index (χ3v) is 3.89. The van der Waals surface area contributed by atoms with Crippen molar-refractivity contribution in [1.29, 1.82) is 0 Å². The molecule has 0 aliphatic carbocycles. The largest absolute Gasteiger partial charge is 0.366 e. The molecule has 2 heterocycles. The van der Waals surface area contributed by atoms with E-state index in [1.54, 1.807) is 0 Å². The first kappa shape index (κ1) is 19.9. The summed E-state index contributed by atoms with van der Waals surface area (Å²) in [7, 11) is 0. The average molecular weight is 328 g/mol. The molecule has 5 nitrogen and oxygen atoms in total. The lowest BCUT2D eigenvalue weighted by atomic mass is 10.0. The Morgan fingerprint density at radius 1 is 1.40 bits per heavy atom. The third kappa shape index (κ3) is 5.74. The first-order chi connectivity index (χ1) is 8.81. The quantitative estimate of drug-likeness (QED) is 0.802. The average Bonchev–Trinajstić information content (AvgIpc) is 2.46. The van der Waals surface area contributed by atoms with Gasteiger partial charge in [0.2, 0.25) is 0 Å². The van der Waals surface area contributed by atoms with Crippen LogP contribution >= 0.6 is 24.8 Å². The minimum atomic E-state index is -0.308. The topological polar surface area (TPSA) is 53.6 Å². The smallest absolute Gasteiger partial charge is 0.250 e. The Morgan fingerprint density at radius 2 is 2.20 bits per heavy atom. The zero-order valence-corrected chi connectivity index (χ0v) is 13.7. The Morgan fingerprint density at radius 3 is 2.85 bits per heavy atom. The van der Waals surface area contributed by atoms with E-state index >= 15 is 0 Å². The molecule has 2 saturated heterocycles. The van der Waals surface area contributed by atoms with E-state index in [1.165, 1.54) is 25.8 Å². The zero-order valence-electron chi connectivity index (χ0n) is 12.1. The molecule has 2 aliphatic rings. The number of likely N-dealkylation sites (N-methyl/N-ethyl adjacent to an activating group) is 1. The van der Waals surface area contributed by atoms with Crippen LogP contribution in [0, 0.1) is 0 Å². The molecule has 2 rings (SSSR count). The summed E-state index contributed by atoms with van der Waals surface area (Å²) in [5.41, 5.74) is 0. The molecule has 2 fully saturated rings. The van der Waals surface area contributed by atoms with Crippen LogP contribution in [0.1, 0.15) is 26.2 Å². The van der Waals surface area contributed by atoms with Crippen molar-refractivity contribution in [3.8, 4) is 0 Å². The van der Waals surface area contributed by atoms with E-state index in [0.29, 0.717) is 19.2 Å². The maximum Gasteiger partial charge on any atom is 0.250 e. The van der Waals surface area contributed by atoms with Gasteiger partial charge in [0.25, 0.3) is 5.91 Å². The van der Waals surface area contributed by atoms with Crippen molar-refractivity contribution in [3.05, 3.63) is 0 Å². The molecule has 2 unspecified atom stereocenters.